The fraction of sp³-hybridized carbons (Fsp3) is 0.529. The van der Waals surface area contributed by atoms with Crippen molar-refractivity contribution in [3.8, 4) is 5.75 Å². The van der Waals surface area contributed by atoms with Gasteiger partial charge in [-0.25, -0.2) is 0 Å². The lowest BCUT2D eigenvalue weighted by molar-refractivity contribution is 0.137. The molecule has 2 heterocycles. The molecule has 0 bridgehead atoms. The van der Waals surface area contributed by atoms with Gasteiger partial charge >= 0.3 is 0 Å². The van der Waals surface area contributed by atoms with E-state index in [2.05, 4.69) is 23.1 Å². The number of benzene rings is 1. The van der Waals surface area contributed by atoms with Gasteiger partial charge in [0.25, 0.3) is 0 Å². The van der Waals surface area contributed by atoms with Crippen molar-refractivity contribution >= 4 is 0 Å². The van der Waals surface area contributed by atoms with Crippen LogP contribution in [0.25, 0.3) is 0 Å². The summed E-state index contributed by atoms with van der Waals surface area (Å²) in [6.45, 7) is 3.14. The Kier molecular flexibility index (Phi) is 4.58. The van der Waals surface area contributed by atoms with Crippen LogP contribution in [-0.4, -0.2) is 49.5 Å². The van der Waals surface area contributed by atoms with E-state index < -0.39 is 0 Å². The van der Waals surface area contributed by atoms with Crippen molar-refractivity contribution in [3.05, 3.63) is 41.5 Å². The minimum absolute atomic E-state index is 0.248. The molecule has 0 aliphatic carbocycles. The molecule has 0 aromatic heterocycles. The van der Waals surface area contributed by atoms with Crippen molar-refractivity contribution in [2.24, 2.45) is 0 Å². The Hall–Kier alpha value is -1.36. The average Bonchev–Trinajstić information content (AvgIpc) is 2.89. The van der Waals surface area contributed by atoms with E-state index in [-0.39, 0.29) is 12.1 Å². The zero-order valence-corrected chi connectivity index (χ0v) is 12.5. The molecule has 1 aromatic carbocycles. The Morgan fingerprint density at radius 3 is 3.10 bits per heavy atom. The summed E-state index contributed by atoms with van der Waals surface area (Å²) in [5, 5.41) is 10.1. The van der Waals surface area contributed by atoms with Crippen LogP contribution in [0, 0.1) is 0 Å². The van der Waals surface area contributed by atoms with Gasteiger partial charge < -0.3 is 14.6 Å². The van der Waals surface area contributed by atoms with Crippen molar-refractivity contribution in [1.82, 2.24) is 4.90 Å². The third-order valence-electron chi connectivity index (χ3n) is 4.25. The highest BCUT2D eigenvalue weighted by atomic mass is 16.5. The summed E-state index contributed by atoms with van der Waals surface area (Å²) in [6.07, 6.45) is 3.79. The van der Waals surface area contributed by atoms with Crippen LogP contribution < -0.4 is 4.74 Å². The van der Waals surface area contributed by atoms with E-state index in [0.29, 0.717) is 0 Å². The second-order valence-electron chi connectivity index (χ2n) is 5.82. The molecule has 2 aliphatic heterocycles. The largest absolute Gasteiger partial charge is 0.497 e. The summed E-state index contributed by atoms with van der Waals surface area (Å²) in [7, 11) is 1.69. The highest BCUT2D eigenvalue weighted by Gasteiger charge is 2.32. The molecule has 4 nitrogen and oxygen atoms in total. The lowest BCUT2D eigenvalue weighted by atomic mass is 10.0. The molecule has 3 rings (SSSR count). The van der Waals surface area contributed by atoms with Crippen LogP contribution in [0.1, 0.15) is 24.4 Å². The van der Waals surface area contributed by atoms with Gasteiger partial charge in [0.15, 0.2) is 0 Å². The van der Waals surface area contributed by atoms with Crippen LogP contribution in [0.15, 0.2) is 35.9 Å². The molecule has 1 fully saturated rings. The molecule has 0 amide bonds. The first-order valence-electron chi connectivity index (χ1n) is 7.58. The number of ether oxygens (including phenoxy) is 2. The van der Waals surface area contributed by atoms with Crippen LogP contribution in [0.3, 0.4) is 0 Å². The molecule has 0 spiro atoms. The Balaban J connectivity index is 1.76. The van der Waals surface area contributed by atoms with Crippen molar-refractivity contribution < 1.29 is 14.6 Å². The first-order chi connectivity index (χ1) is 10.3. The van der Waals surface area contributed by atoms with Crippen molar-refractivity contribution in [2.45, 2.75) is 25.0 Å². The standard InChI is InChI=1S/C17H23NO3/c1-20-16-6-2-5-14(8-16)17-9-15(19)11-18(17)10-13-4-3-7-21-12-13/h2,4-6,8,15,17,19H,3,7,9-12H2,1H3. The van der Waals surface area contributed by atoms with Crippen LogP contribution >= 0.6 is 0 Å². The third-order valence-corrected chi connectivity index (χ3v) is 4.25. The Morgan fingerprint density at radius 1 is 1.43 bits per heavy atom. The van der Waals surface area contributed by atoms with Gasteiger partial charge in [-0.2, -0.15) is 0 Å². The predicted molar refractivity (Wildman–Crippen MR) is 81.5 cm³/mol. The fourth-order valence-electron chi connectivity index (χ4n) is 3.23. The quantitative estimate of drug-likeness (QED) is 0.863. The third kappa shape index (κ3) is 3.46. The van der Waals surface area contributed by atoms with Gasteiger partial charge in [-0.1, -0.05) is 18.2 Å². The van der Waals surface area contributed by atoms with E-state index in [1.807, 2.05) is 12.1 Å². The van der Waals surface area contributed by atoms with Gasteiger partial charge in [-0.3, -0.25) is 4.90 Å². The topological polar surface area (TPSA) is 41.9 Å². The van der Waals surface area contributed by atoms with E-state index in [0.717, 1.165) is 44.9 Å². The Labute approximate surface area is 126 Å². The van der Waals surface area contributed by atoms with Crippen LogP contribution in [0.2, 0.25) is 0 Å². The predicted octanol–water partition coefficient (Wildman–Crippen LogP) is 2.15. The summed E-state index contributed by atoms with van der Waals surface area (Å²) < 4.78 is 10.8. The van der Waals surface area contributed by atoms with Gasteiger partial charge in [-0.05, 0) is 36.1 Å². The van der Waals surface area contributed by atoms with Crippen LogP contribution in [-0.2, 0) is 4.74 Å². The monoisotopic (exact) mass is 289 g/mol. The minimum atomic E-state index is -0.258. The average molecular weight is 289 g/mol. The second-order valence-corrected chi connectivity index (χ2v) is 5.82. The molecule has 1 saturated heterocycles. The summed E-state index contributed by atoms with van der Waals surface area (Å²) in [5.74, 6) is 0.869. The van der Waals surface area contributed by atoms with Crippen molar-refractivity contribution in [1.29, 1.82) is 0 Å². The first kappa shape index (κ1) is 14.6. The lowest BCUT2D eigenvalue weighted by Gasteiger charge is -2.27. The molecule has 4 heteroatoms. The number of nitrogens with zero attached hydrogens (tertiary/aromatic N) is 1. The molecule has 21 heavy (non-hydrogen) atoms. The maximum Gasteiger partial charge on any atom is 0.119 e. The van der Waals surface area contributed by atoms with Crippen LogP contribution in [0.5, 0.6) is 5.75 Å². The molecule has 0 saturated carbocycles. The number of rotatable bonds is 4. The van der Waals surface area contributed by atoms with E-state index >= 15 is 0 Å². The highest BCUT2D eigenvalue weighted by molar-refractivity contribution is 5.31. The van der Waals surface area contributed by atoms with Crippen molar-refractivity contribution in [2.75, 3.05) is 33.4 Å². The highest BCUT2D eigenvalue weighted by Crippen LogP contribution is 2.34. The summed E-state index contributed by atoms with van der Waals surface area (Å²) in [4.78, 5) is 2.35. The molecule has 1 N–H and O–H groups in total. The summed E-state index contributed by atoms with van der Waals surface area (Å²) in [6, 6.07) is 8.40. The molecule has 2 unspecified atom stereocenters. The lowest BCUT2D eigenvalue weighted by Crippen LogP contribution is -2.29. The second kappa shape index (κ2) is 6.60. The molecule has 0 radical (unpaired) electrons. The number of aliphatic hydroxyl groups excluding tert-OH is 1. The zero-order valence-electron chi connectivity index (χ0n) is 12.5. The van der Waals surface area contributed by atoms with Crippen molar-refractivity contribution in [3.63, 3.8) is 0 Å². The molecule has 2 aliphatic rings. The molecular weight excluding hydrogens is 266 g/mol. The van der Waals surface area contributed by atoms with Gasteiger partial charge in [0.2, 0.25) is 0 Å². The van der Waals surface area contributed by atoms with Crippen LogP contribution in [0.4, 0.5) is 0 Å². The molecule has 1 aromatic rings. The van der Waals surface area contributed by atoms with E-state index in [1.54, 1.807) is 7.11 Å². The van der Waals surface area contributed by atoms with Gasteiger partial charge in [0.05, 0.1) is 26.4 Å². The van der Waals surface area contributed by atoms with Gasteiger partial charge in [0, 0.05) is 19.1 Å². The SMILES string of the molecule is COc1cccc(C2CC(O)CN2CC2=CCCOC2)c1. The molecule has 2 atom stereocenters. The summed E-state index contributed by atoms with van der Waals surface area (Å²) >= 11 is 0. The smallest absolute Gasteiger partial charge is 0.119 e. The maximum atomic E-state index is 10.1. The number of likely N-dealkylation sites (tertiary alicyclic amines) is 1. The van der Waals surface area contributed by atoms with E-state index in [1.165, 1.54) is 11.1 Å². The number of hydrogen-bond acceptors (Lipinski definition) is 4. The fourth-order valence-corrected chi connectivity index (χ4v) is 3.23. The zero-order chi connectivity index (χ0) is 14.7. The normalized spacial score (nSPS) is 26.7. The minimum Gasteiger partial charge on any atom is -0.497 e. The molecule has 114 valence electrons. The van der Waals surface area contributed by atoms with E-state index in [4.69, 9.17) is 9.47 Å². The number of hydrogen-bond donors (Lipinski definition) is 1. The Morgan fingerprint density at radius 2 is 2.33 bits per heavy atom. The van der Waals surface area contributed by atoms with Gasteiger partial charge in [-0.15, -0.1) is 0 Å². The molecular formula is C17H23NO3. The van der Waals surface area contributed by atoms with Gasteiger partial charge in [0.1, 0.15) is 5.75 Å². The number of aliphatic hydroxyl groups is 1. The number of β-amino-alcohol motifs (C(OH)–C–C–N with tert-alkyl or cyclic N) is 1. The Bertz CT molecular complexity index is 515. The first-order valence-corrected chi connectivity index (χ1v) is 7.58. The number of methoxy groups -OCH3 is 1. The van der Waals surface area contributed by atoms with E-state index in [9.17, 15) is 5.11 Å². The maximum absolute atomic E-state index is 10.1. The summed E-state index contributed by atoms with van der Waals surface area (Å²) in [5.41, 5.74) is 2.53.